The molecule has 1 spiro atoms. The predicted octanol–water partition coefficient (Wildman–Crippen LogP) is 3.27. The molecular formula is C26H26N4O3. The van der Waals surface area contributed by atoms with E-state index in [2.05, 4.69) is 11.4 Å². The van der Waals surface area contributed by atoms with Crippen molar-refractivity contribution in [1.29, 1.82) is 5.26 Å². The Hall–Kier alpha value is -3.66. The number of carbonyl (C=O) groups excluding carboxylic acids is 3. The van der Waals surface area contributed by atoms with Crippen LogP contribution in [0.5, 0.6) is 0 Å². The van der Waals surface area contributed by atoms with Crippen LogP contribution in [0.25, 0.3) is 0 Å². The van der Waals surface area contributed by atoms with Gasteiger partial charge in [-0.15, -0.1) is 0 Å². The lowest BCUT2D eigenvalue weighted by molar-refractivity contribution is -0.141. The van der Waals surface area contributed by atoms with Crippen molar-refractivity contribution in [2.45, 2.75) is 50.2 Å². The van der Waals surface area contributed by atoms with Crippen LogP contribution in [0.15, 0.2) is 54.6 Å². The Morgan fingerprint density at radius 1 is 1.18 bits per heavy atom. The molecule has 0 radical (unpaired) electrons. The zero-order chi connectivity index (χ0) is 23.2. The van der Waals surface area contributed by atoms with Crippen LogP contribution in [0.1, 0.15) is 48.8 Å². The van der Waals surface area contributed by atoms with Crippen LogP contribution in [0, 0.1) is 17.2 Å². The van der Waals surface area contributed by atoms with Crippen LogP contribution in [0.2, 0.25) is 0 Å². The fourth-order valence-corrected chi connectivity index (χ4v) is 5.22. The molecule has 2 fully saturated rings. The summed E-state index contributed by atoms with van der Waals surface area (Å²) in [6.07, 6.45) is 2.35. The van der Waals surface area contributed by atoms with Gasteiger partial charge in [0.2, 0.25) is 5.91 Å². The Balaban J connectivity index is 1.39. The quantitative estimate of drug-likeness (QED) is 0.695. The first-order valence-electron chi connectivity index (χ1n) is 11.4. The molecular weight excluding hydrogens is 416 g/mol. The number of imide groups is 1. The number of nitrogens with zero attached hydrogens (tertiary/aromatic N) is 3. The second-order valence-corrected chi connectivity index (χ2v) is 9.29. The number of carbonyl (C=O) groups is 3. The molecule has 7 heteroatoms. The van der Waals surface area contributed by atoms with Gasteiger partial charge in [0.15, 0.2) is 0 Å². The molecule has 2 unspecified atom stereocenters. The van der Waals surface area contributed by atoms with Gasteiger partial charge in [-0.05, 0) is 42.4 Å². The third-order valence-electron chi connectivity index (χ3n) is 7.24. The number of amides is 4. The second kappa shape index (κ2) is 8.04. The highest BCUT2D eigenvalue weighted by molar-refractivity contribution is 6.10. The van der Waals surface area contributed by atoms with Crippen molar-refractivity contribution in [3.63, 3.8) is 0 Å². The van der Waals surface area contributed by atoms with Gasteiger partial charge in [0.05, 0.1) is 12.0 Å². The lowest BCUT2D eigenvalue weighted by atomic mass is 9.91. The minimum atomic E-state index is -1.28. The maximum absolute atomic E-state index is 13.6. The smallest absolute Gasteiger partial charge is 0.325 e. The van der Waals surface area contributed by atoms with Gasteiger partial charge in [-0.2, -0.15) is 5.26 Å². The van der Waals surface area contributed by atoms with Crippen molar-refractivity contribution in [1.82, 2.24) is 15.1 Å². The van der Waals surface area contributed by atoms with E-state index in [4.69, 9.17) is 0 Å². The van der Waals surface area contributed by atoms with Gasteiger partial charge in [-0.3, -0.25) is 14.5 Å². The van der Waals surface area contributed by atoms with Crippen LogP contribution in [0.3, 0.4) is 0 Å². The summed E-state index contributed by atoms with van der Waals surface area (Å²) in [5.74, 6) is -0.734. The van der Waals surface area contributed by atoms with Crippen LogP contribution in [0.4, 0.5) is 4.79 Å². The van der Waals surface area contributed by atoms with E-state index in [-0.39, 0.29) is 24.9 Å². The minimum absolute atomic E-state index is 0.0302. The fourth-order valence-electron chi connectivity index (χ4n) is 5.22. The summed E-state index contributed by atoms with van der Waals surface area (Å²) in [7, 11) is 0. The molecule has 1 N–H and O–H groups in total. The molecule has 4 amide bonds. The van der Waals surface area contributed by atoms with Crippen molar-refractivity contribution in [3.05, 3.63) is 71.3 Å². The monoisotopic (exact) mass is 442 g/mol. The third-order valence-corrected chi connectivity index (χ3v) is 7.24. The summed E-state index contributed by atoms with van der Waals surface area (Å²) in [5.41, 5.74) is 1.14. The molecule has 33 heavy (non-hydrogen) atoms. The number of hydrogen-bond donors (Lipinski definition) is 1. The number of rotatable bonds is 6. The first kappa shape index (κ1) is 21.2. The molecule has 0 bridgehead atoms. The van der Waals surface area contributed by atoms with Crippen molar-refractivity contribution in [2.24, 2.45) is 5.92 Å². The highest BCUT2D eigenvalue weighted by Gasteiger charge is 2.58. The van der Waals surface area contributed by atoms with E-state index in [1.165, 1.54) is 0 Å². The fraction of sp³-hybridized carbons (Fsp3) is 0.385. The van der Waals surface area contributed by atoms with E-state index in [0.29, 0.717) is 18.0 Å². The van der Waals surface area contributed by atoms with Crippen LogP contribution in [-0.4, -0.2) is 40.2 Å². The number of nitrogens with one attached hydrogen (secondary N) is 1. The van der Waals surface area contributed by atoms with E-state index >= 15 is 0 Å². The van der Waals surface area contributed by atoms with E-state index in [9.17, 15) is 19.6 Å². The maximum atomic E-state index is 13.6. The van der Waals surface area contributed by atoms with Gasteiger partial charge in [0.25, 0.3) is 5.91 Å². The maximum Gasteiger partial charge on any atom is 0.325 e. The Labute approximate surface area is 193 Å². The van der Waals surface area contributed by atoms with Gasteiger partial charge in [-0.25, -0.2) is 4.79 Å². The molecule has 7 nitrogen and oxygen atoms in total. The van der Waals surface area contributed by atoms with E-state index in [1.54, 1.807) is 17.0 Å². The molecule has 3 aliphatic rings. The van der Waals surface area contributed by atoms with Gasteiger partial charge < -0.3 is 10.2 Å². The van der Waals surface area contributed by atoms with E-state index in [0.717, 1.165) is 28.9 Å². The Morgan fingerprint density at radius 2 is 1.88 bits per heavy atom. The second-order valence-electron chi connectivity index (χ2n) is 9.29. The SMILES string of the molecule is C[C@@H](C1CC1)N(Cc1ccccc1)C(=O)CN1C(=O)NC2(CC(C#N)c3ccccc32)C1=O. The Kier molecular flexibility index (Phi) is 5.16. The highest BCUT2D eigenvalue weighted by Crippen LogP contribution is 2.47. The Morgan fingerprint density at radius 3 is 2.58 bits per heavy atom. The molecule has 2 aliphatic carbocycles. The zero-order valence-corrected chi connectivity index (χ0v) is 18.5. The molecule has 1 saturated heterocycles. The lowest BCUT2D eigenvalue weighted by Crippen LogP contribution is -2.47. The van der Waals surface area contributed by atoms with Gasteiger partial charge in [0.1, 0.15) is 12.1 Å². The molecule has 1 aliphatic heterocycles. The highest BCUT2D eigenvalue weighted by atomic mass is 16.2. The van der Waals surface area contributed by atoms with Crippen molar-refractivity contribution in [3.8, 4) is 6.07 Å². The van der Waals surface area contributed by atoms with Crippen LogP contribution >= 0.6 is 0 Å². The average molecular weight is 443 g/mol. The summed E-state index contributed by atoms with van der Waals surface area (Å²) in [6, 6.07) is 18.7. The van der Waals surface area contributed by atoms with E-state index < -0.39 is 23.4 Å². The Bertz CT molecular complexity index is 1150. The number of fused-ring (bicyclic) bond motifs is 2. The molecule has 0 aromatic heterocycles. The number of hydrogen-bond acceptors (Lipinski definition) is 4. The van der Waals surface area contributed by atoms with Crippen LogP contribution < -0.4 is 5.32 Å². The number of nitriles is 1. The summed E-state index contributed by atoms with van der Waals surface area (Å²) in [5, 5.41) is 12.4. The summed E-state index contributed by atoms with van der Waals surface area (Å²) in [6.45, 7) is 2.16. The van der Waals surface area contributed by atoms with E-state index in [1.807, 2.05) is 49.4 Å². The largest absolute Gasteiger partial charge is 0.334 e. The topological polar surface area (TPSA) is 93.5 Å². The summed E-state index contributed by atoms with van der Waals surface area (Å²) >= 11 is 0. The molecule has 3 atom stereocenters. The standard InChI is InChI=1S/C26H26N4O3/c1-17(19-11-12-19)29(15-18-7-3-2-4-8-18)23(31)16-30-24(32)26(28-25(30)33)13-20(14-27)21-9-5-6-10-22(21)26/h2-10,17,19-20H,11-13,15-16H2,1H3,(H,28,33)/t17-,20?,26?/m0/s1. The first-order chi connectivity index (χ1) is 15.9. The third kappa shape index (κ3) is 3.56. The van der Waals surface area contributed by atoms with Gasteiger partial charge in [0, 0.05) is 19.0 Å². The van der Waals surface area contributed by atoms with Crippen molar-refractivity contribution in [2.75, 3.05) is 6.54 Å². The summed E-state index contributed by atoms with van der Waals surface area (Å²) < 4.78 is 0. The minimum Gasteiger partial charge on any atom is -0.334 e. The number of urea groups is 1. The molecule has 1 heterocycles. The van der Waals surface area contributed by atoms with Gasteiger partial charge in [-0.1, -0.05) is 54.6 Å². The van der Waals surface area contributed by atoms with Crippen molar-refractivity contribution < 1.29 is 14.4 Å². The molecule has 2 aromatic carbocycles. The molecule has 2 aromatic rings. The molecule has 5 rings (SSSR count). The molecule has 168 valence electrons. The predicted molar refractivity (Wildman–Crippen MR) is 121 cm³/mol. The zero-order valence-electron chi connectivity index (χ0n) is 18.5. The van der Waals surface area contributed by atoms with Crippen molar-refractivity contribution >= 4 is 17.8 Å². The lowest BCUT2D eigenvalue weighted by Gasteiger charge is -2.31. The molecule has 1 saturated carbocycles. The average Bonchev–Trinajstić information content (AvgIpc) is 3.60. The summed E-state index contributed by atoms with van der Waals surface area (Å²) in [4.78, 5) is 42.7. The van der Waals surface area contributed by atoms with Gasteiger partial charge >= 0.3 is 6.03 Å². The first-order valence-corrected chi connectivity index (χ1v) is 11.4. The normalized spacial score (nSPS) is 24.4. The number of benzene rings is 2. The van der Waals surface area contributed by atoms with Crippen LogP contribution in [-0.2, 0) is 21.7 Å².